The Morgan fingerprint density at radius 2 is 1.57 bits per heavy atom. The van der Waals surface area contributed by atoms with Crippen molar-refractivity contribution in [1.82, 2.24) is 9.97 Å². The van der Waals surface area contributed by atoms with Gasteiger partial charge >= 0.3 is 0 Å². The van der Waals surface area contributed by atoms with Gasteiger partial charge in [-0.25, -0.2) is 9.97 Å². The molecule has 3 rings (SSSR count). The molecule has 0 atom stereocenters. The first kappa shape index (κ1) is 13.9. The summed E-state index contributed by atoms with van der Waals surface area (Å²) in [5.41, 5.74) is 2.82. The Morgan fingerprint density at radius 3 is 2.33 bits per heavy atom. The summed E-state index contributed by atoms with van der Waals surface area (Å²) in [5, 5.41) is 3.38. The molecule has 0 fully saturated rings. The van der Waals surface area contributed by atoms with Crippen molar-refractivity contribution in [2.75, 3.05) is 17.6 Å². The van der Waals surface area contributed by atoms with Gasteiger partial charge < -0.3 is 5.32 Å². The first-order valence-electron chi connectivity index (χ1n) is 6.98. The number of benzene rings is 2. The van der Waals surface area contributed by atoms with Crippen LogP contribution in [-0.2, 0) is 0 Å². The van der Waals surface area contributed by atoms with Crippen LogP contribution in [0.3, 0.4) is 0 Å². The molecule has 3 nitrogen and oxygen atoms in total. The van der Waals surface area contributed by atoms with Crippen molar-refractivity contribution in [3.8, 4) is 0 Å². The van der Waals surface area contributed by atoms with Crippen LogP contribution < -0.4 is 5.32 Å². The van der Waals surface area contributed by atoms with Crippen molar-refractivity contribution in [1.29, 1.82) is 0 Å². The lowest BCUT2D eigenvalue weighted by Gasteiger charge is -2.09. The largest absolute Gasteiger partial charge is 0.368 e. The van der Waals surface area contributed by atoms with E-state index in [0.29, 0.717) is 0 Å². The first-order chi connectivity index (χ1) is 10.3. The number of para-hydroxylation sites is 2. The molecule has 0 aliphatic carbocycles. The monoisotopic (exact) mass is 295 g/mol. The molecule has 1 aromatic heterocycles. The molecule has 0 aliphatic heterocycles. The van der Waals surface area contributed by atoms with E-state index in [0.717, 1.165) is 34.8 Å². The van der Waals surface area contributed by atoms with Gasteiger partial charge in [-0.1, -0.05) is 30.3 Å². The minimum atomic E-state index is 0.868. The number of rotatable bonds is 5. The van der Waals surface area contributed by atoms with Crippen LogP contribution in [0.25, 0.3) is 11.0 Å². The smallest absolute Gasteiger partial charge is 0.148 e. The molecule has 4 heteroatoms. The van der Waals surface area contributed by atoms with E-state index in [2.05, 4.69) is 39.6 Å². The third-order valence-corrected chi connectivity index (χ3v) is 4.17. The predicted octanol–water partition coefficient (Wildman–Crippen LogP) is 4.14. The molecule has 0 amide bonds. The molecule has 1 N–H and O–H groups in total. The van der Waals surface area contributed by atoms with Gasteiger partial charge in [-0.15, -0.1) is 11.8 Å². The standard InChI is InChI=1S/C17H17N3S/c1-13-17(20-16-10-6-5-9-15(16)19-13)18-11-12-21-14-7-3-2-4-8-14/h2-10H,11-12H2,1H3,(H,18,20). The molecule has 0 saturated heterocycles. The Bertz CT molecular complexity index is 728. The molecule has 0 unspecified atom stereocenters. The molecular formula is C17H17N3S. The summed E-state index contributed by atoms with van der Waals surface area (Å²) < 4.78 is 0. The molecular weight excluding hydrogens is 278 g/mol. The zero-order chi connectivity index (χ0) is 14.5. The Hall–Kier alpha value is -2.07. The number of fused-ring (bicyclic) bond motifs is 1. The Kier molecular flexibility index (Phi) is 4.36. The first-order valence-corrected chi connectivity index (χ1v) is 7.96. The quantitative estimate of drug-likeness (QED) is 0.567. The summed E-state index contributed by atoms with van der Waals surface area (Å²) in [7, 11) is 0. The number of thioether (sulfide) groups is 1. The number of hydrogen-bond donors (Lipinski definition) is 1. The lowest BCUT2D eigenvalue weighted by atomic mass is 10.3. The minimum Gasteiger partial charge on any atom is -0.368 e. The SMILES string of the molecule is Cc1nc2ccccc2nc1NCCSc1ccccc1. The van der Waals surface area contributed by atoms with Crippen molar-refractivity contribution in [3.63, 3.8) is 0 Å². The summed E-state index contributed by atoms with van der Waals surface area (Å²) in [6.07, 6.45) is 0. The average Bonchev–Trinajstić information content (AvgIpc) is 2.53. The molecule has 0 saturated carbocycles. The molecule has 0 radical (unpaired) electrons. The number of nitrogens with zero attached hydrogens (tertiary/aromatic N) is 2. The maximum absolute atomic E-state index is 4.64. The third kappa shape index (κ3) is 3.52. The maximum atomic E-state index is 4.64. The Balaban J connectivity index is 1.61. The lowest BCUT2D eigenvalue weighted by Crippen LogP contribution is -2.08. The minimum absolute atomic E-state index is 0.868. The summed E-state index contributed by atoms with van der Waals surface area (Å²) >= 11 is 1.84. The third-order valence-electron chi connectivity index (χ3n) is 3.15. The highest BCUT2D eigenvalue weighted by Gasteiger charge is 2.04. The predicted molar refractivity (Wildman–Crippen MR) is 89.9 cm³/mol. The zero-order valence-electron chi connectivity index (χ0n) is 11.9. The van der Waals surface area contributed by atoms with Crippen molar-refractivity contribution in [3.05, 3.63) is 60.3 Å². The Labute approximate surface area is 128 Å². The fourth-order valence-electron chi connectivity index (χ4n) is 2.11. The molecule has 3 aromatic rings. The van der Waals surface area contributed by atoms with Crippen LogP contribution in [0.15, 0.2) is 59.5 Å². The highest BCUT2D eigenvalue weighted by Crippen LogP contribution is 2.18. The van der Waals surface area contributed by atoms with Crippen molar-refractivity contribution in [2.45, 2.75) is 11.8 Å². The van der Waals surface area contributed by atoms with E-state index >= 15 is 0 Å². The van der Waals surface area contributed by atoms with E-state index in [1.807, 2.05) is 49.0 Å². The normalized spacial score (nSPS) is 10.7. The van der Waals surface area contributed by atoms with Gasteiger partial charge in [0.2, 0.25) is 0 Å². The van der Waals surface area contributed by atoms with E-state index in [-0.39, 0.29) is 0 Å². The van der Waals surface area contributed by atoms with Crippen LogP contribution >= 0.6 is 11.8 Å². The van der Waals surface area contributed by atoms with Gasteiger partial charge in [-0.2, -0.15) is 0 Å². The number of aryl methyl sites for hydroxylation is 1. The molecule has 0 aliphatic rings. The van der Waals surface area contributed by atoms with Crippen molar-refractivity contribution >= 4 is 28.6 Å². The second-order valence-corrected chi connectivity index (χ2v) is 5.90. The van der Waals surface area contributed by atoms with Crippen LogP contribution in [0, 0.1) is 6.92 Å². The van der Waals surface area contributed by atoms with Gasteiger partial charge in [-0.05, 0) is 31.2 Å². The molecule has 21 heavy (non-hydrogen) atoms. The van der Waals surface area contributed by atoms with Crippen LogP contribution in [-0.4, -0.2) is 22.3 Å². The second-order valence-electron chi connectivity index (χ2n) is 4.73. The van der Waals surface area contributed by atoms with Gasteiger partial charge in [-0.3, -0.25) is 0 Å². The fraction of sp³-hybridized carbons (Fsp3) is 0.176. The lowest BCUT2D eigenvalue weighted by molar-refractivity contribution is 1.12. The number of hydrogen-bond acceptors (Lipinski definition) is 4. The average molecular weight is 295 g/mol. The van der Waals surface area contributed by atoms with Crippen LogP contribution in [0.1, 0.15) is 5.69 Å². The maximum Gasteiger partial charge on any atom is 0.148 e. The van der Waals surface area contributed by atoms with Crippen LogP contribution in [0.5, 0.6) is 0 Å². The van der Waals surface area contributed by atoms with Crippen molar-refractivity contribution in [2.24, 2.45) is 0 Å². The van der Waals surface area contributed by atoms with Gasteiger partial charge in [0.15, 0.2) is 0 Å². The zero-order valence-corrected chi connectivity index (χ0v) is 12.7. The summed E-state index contributed by atoms with van der Waals surface area (Å²) in [5.74, 6) is 1.88. The van der Waals surface area contributed by atoms with E-state index in [1.165, 1.54) is 4.90 Å². The number of anilines is 1. The van der Waals surface area contributed by atoms with Gasteiger partial charge in [0.1, 0.15) is 5.82 Å². The fourth-order valence-corrected chi connectivity index (χ4v) is 2.90. The number of nitrogens with one attached hydrogen (secondary N) is 1. The highest BCUT2D eigenvalue weighted by molar-refractivity contribution is 7.99. The molecule has 1 heterocycles. The van der Waals surface area contributed by atoms with Crippen LogP contribution in [0.4, 0.5) is 5.82 Å². The molecule has 0 spiro atoms. The topological polar surface area (TPSA) is 37.8 Å². The summed E-state index contributed by atoms with van der Waals surface area (Å²) in [4.78, 5) is 10.5. The summed E-state index contributed by atoms with van der Waals surface area (Å²) in [6, 6.07) is 18.4. The molecule has 0 bridgehead atoms. The summed E-state index contributed by atoms with van der Waals surface area (Å²) in [6.45, 7) is 2.86. The highest BCUT2D eigenvalue weighted by atomic mass is 32.2. The van der Waals surface area contributed by atoms with Gasteiger partial charge in [0.25, 0.3) is 0 Å². The number of aromatic nitrogens is 2. The van der Waals surface area contributed by atoms with Crippen LogP contribution in [0.2, 0.25) is 0 Å². The van der Waals surface area contributed by atoms with E-state index in [1.54, 1.807) is 0 Å². The van der Waals surface area contributed by atoms with Gasteiger partial charge in [0, 0.05) is 17.2 Å². The molecule has 2 aromatic carbocycles. The second kappa shape index (κ2) is 6.59. The van der Waals surface area contributed by atoms with E-state index in [4.69, 9.17) is 0 Å². The van der Waals surface area contributed by atoms with Gasteiger partial charge in [0.05, 0.1) is 16.7 Å². The molecule has 106 valence electrons. The van der Waals surface area contributed by atoms with E-state index < -0.39 is 0 Å². The Morgan fingerprint density at radius 1 is 0.905 bits per heavy atom. The van der Waals surface area contributed by atoms with E-state index in [9.17, 15) is 0 Å². The van der Waals surface area contributed by atoms with Crippen molar-refractivity contribution < 1.29 is 0 Å².